The van der Waals surface area contributed by atoms with E-state index in [-0.39, 0.29) is 24.0 Å². The maximum absolute atomic E-state index is 5.37. The number of nitrogens with one attached hydrogen (secondary N) is 2. The Morgan fingerprint density at radius 2 is 2.04 bits per heavy atom. The van der Waals surface area contributed by atoms with Crippen LogP contribution in [0.15, 0.2) is 34.6 Å². The number of aliphatic imine (C=N–C) groups is 1. The lowest BCUT2D eigenvalue weighted by molar-refractivity contribution is 0.410. The number of thiazole rings is 1. The second-order valence-electron chi connectivity index (χ2n) is 5.27. The molecule has 0 fully saturated rings. The third-order valence-electron chi connectivity index (χ3n) is 3.52. The van der Waals surface area contributed by atoms with Gasteiger partial charge in [-0.25, -0.2) is 9.98 Å². The van der Waals surface area contributed by atoms with Crippen molar-refractivity contribution >= 4 is 41.3 Å². The van der Waals surface area contributed by atoms with Crippen LogP contribution in [0.1, 0.15) is 30.1 Å². The summed E-state index contributed by atoms with van der Waals surface area (Å²) in [6.45, 7) is 6.41. The van der Waals surface area contributed by atoms with Crippen molar-refractivity contribution in [2.45, 2.75) is 33.2 Å². The van der Waals surface area contributed by atoms with Crippen molar-refractivity contribution in [3.63, 3.8) is 0 Å². The second-order valence-corrected chi connectivity index (χ2v) is 6.21. The first-order valence-electron chi connectivity index (χ1n) is 8.34. The zero-order valence-electron chi connectivity index (χ0n) is 15.0. The molecule has 7 heteroatoms. The van der Waals surface area contributed by atoms with E-state index >= 15 is 0 Å². The quantitative estimate of drug-likeness (QED) is 0.349. The van der Waals surface area contributed by atoms with Gasteiger partial charge >= 0.3 is 0 Å². The van der Waals surface area contributed by atoms with E-state index in [1.54, 1.807) is 18.4 Å². The van der Waals surface area contributed by atoms with E-state index in [9.17, 15) is 0 Å². The zero-order chi connectivity index (χ0) is 17.2. The van der Waals surface area contributed by atoms with Crippen LogP contribution in [0.3, 0.4) is 0 Å². The molecule has 1 heterocycles. The van der Waals surface area contributed by atoms with Gasteiger partial charge in [-0.3, -0.25) is 0 Å². The van der Waals surface area contributed by atoms with Crippen molar-refractivity contribution in [3.8, 4) is 5.75 Å². The molecule has 0 amide bonds. The summed E-state index contributed by atoms with van der Waals surface area (Å²) in [4.78, 5) is 9.23. The number of aromatic nitrogens is 1. The molecule has 2 rings (SSSR count). The van der Waals surface area contributed by atoms with Crippen LogP contribution in [0.25, 0.3) is 0 Å². The van der Waals surface area contributed by atoms with Gasteiger partial charge in [0.25, 0.3) is 0 Å². The Balaban J connectivity index is 0.00000312. The summed E-state index contributed by atoms with van der Waals surface area (Å²) < 4.78 is 5.37. The first-order valence-corrected chi connectivity index (χ1v) is 9.22. The highest BCUT2D eigenvalue weighted by Crippen LogP contribution is 2.17. The average molecular weight is 474 g/mol. The van der Waals surface area contributed by atoms with Crippen LogP contribution in [0, 0.1) is 0 Å². The maximum atomic E-state index is 5.37. The Morgan fingerprint density at radius 1 is 1.24 bits per heavy atom. The molecule has 0 aliphatic heterocycles. The van der Waals surface area contributed by atoms with Gasteiger partial charge in [-0.15, -0.1) is 35.3 Å². The van der Waals surface area contributed by atoms with Crippen LogP contribution in [-0.2, 0) is 19.4 Å². The van der Waals surface area contributed by atoms with Crippen LogP contribution in [0.4, 0.5) is 0 Å². The number of guanidine groups is 1. The molecule has 0 unspecified atom stereocenters. The van der Waals surface area contributed by atoms with Crippen LogP contribution in [0.5, 0.6) is 5.75 Å². The fourth-order valence-corrected chi connectivity index (χ4v) is 3.05. The summed E-state index contributed by atoms with van der Waals surface area (Å²) in [6.07, 6.45) is 1.90. The van der Waals surface area contributed by atoms with Crippen molar-refractivity contribution in [1.82, 2.24) is 15.6 Å². The summed E-state index contributed by atoms with van der Waals surface area (Å²) in [7, 11) is 1.68. The summed E-state index contributed by atoms with van der Waals surface area (Å²) in [6, 6.07) is 7.96. The van der Waals surface area contributed by atoms with E-state index in [2.05, 4.69) is 39.8 Å². The lowest BCUT2D eigenvalue weighted by Gasteiger charge is -2.11. The predicted molar refractivity (Wildman–Crippen MR) is 116 cm³/mol. The zero-order valence-corrected chi connectivity index (χ0v) is 18.2. The van der Waals surface area contributed by atoms with E-state index in [4.69, 9.17) is 4.74 Å². The lowest BCUT2D eigenvalue weighted by atomic mass is 10.2. The molecule has 0 aliphatic rings. The van der Waals surface area contributed by atoms with Crippen LogP contribution >= 0.6 is 35.3 Å². The number of halogens is 1. The van der Waals surface area contributed by atoms with Crippen LogP contribution in [0.2, 0.25) is 0 Å². The summed E-state index contributed by atoms with van der Waals surface area (Å²) in [5.74, 6) is 1.68. The SMILES string of the molecule is CCNC(=NCc1ccccc1OC)NCCc1csc(CC)n1.I. The van der Waals surface area contributed by atoms with Crippen LogP contribution < -0.4 is 15.4 Å². The van der Waals surface area contributed by atoms with Gasteiger partial charge < -0.3 is 15.4 Å². The number of rotatable bonds is 8. The number of hydrogen-bond donors (Lipinski definition) is 2. The molecule has 1 aromatic carbocycles. The fraction of sp³-hybridized carbons (Fsp3) is 0.444. The Hall–Kier alpha value is -1.35. The highest BCUT2D eigenvalue weighted by atomic mass is 127. The Labute approximate surface area is 171 Å². The molecule has 0 saturated carbocycles. The lowest BCUT2D eigenvalue weighted by Crippen LogP contribution is -2.38. The monoisotopic (exact) mass is 474 g/mol. The van der Waals surface area contributed by atoms with Gasteiger partial charge in [0.2, 0.25) is 0 Å². The molecule has 0 atom stereocenters. The predicted octanol–water partition coefficient (Wildman–Crippen LogP) is 3.63. The number of aryl methyl sites for hydroxylation is 1. The number of para-hydroxylation sites is 1. The smallest absolute Gasteiger partial charge is 0.191 e. The fourth-order valence-electron chi connectivity index (χ4n) is 2.27. The van der Waals surface area contributed by atoms with E-state index in [1.165, 1.54) is 5.01 Å². The van der Waals surface area contributed by atoms with Gasteiger partial charge in [-0.2, -0.15) is 0 Å². The molecule has 0 aliphatic carbocycles. The van der Waals surface area contributed by atoms with Crippen molar-refractivity contribution in [2.75, 3.05) is 20.2 Å². The van der Waals surface area contributed by atoms with E-state index in [0.29, 0.717) is 6.54 Å². The van der Waals surface area contributed by atoms with Crippen molar-refractivity contribution in [2.24, 2.45) is 4.99 Å². The number of hydrogen-bond acceptors (Lipinski definition) is 4. The highest BCUT2D eigenvalue weighted by molar-refractivity contribution is 14.0. The molecular weight excluding hydrogens is 447 g/mol. The Bertz CT molecular complexity index is 660. The summed E-state index contributed by atoms with van der Waals surface area (Å²) in [5, 5.41) is 9.97. The molecule has 0 radical (unpaired) electrons. The minimum absolute atomic E-state index is 0. The van der Waals surface area contributed by atoms with Crippen LogP contribution in [-0.4, -0.2) is 31.1 Å². The largest absolute Gasteiger partial charge is 0.496 e. The Morgan fingerprint density at radius 3 is 2.72 bits per heavy atom. The Kier molecular flexibility index (Phi) is 10.5. The molecule has 0 spiro atoms. The minimum Gasteiger partial charge on any atom is -0.496 e. The molecule has 0 bridgehead atoms. The van der Waals surface area contributed by atoms with Crippen molar-refractivity contribution < 1.29 is 4.74 Å². The molecule has 5 nitrogen and oxygen atoms in total. The van der Waals surface area contributed by atoms with Gasteiger partial charge in [0.1, 0.15) is 5.75 Å². The molecule has 1 aromatic heterocycles. The highest BCUT2D eigenvalue weighted by Gasteiger charge is 2.04. The maximum Gasteiger partial charge on any atom is 0.191 e. The van der Waals surface area contributed by atoms with Gasteiger partial charge in [-0.1, -0.05) is 25.1 Å². The first kappa shape index (κ1) is 21.7. The normalized spacial score (nSPS) is 10.9. The number of ether oxygens (including phenoxy) is 1. The van der Waals surface area contributed by atoms with Gasteiger partial charge in [0.15, 0.2) is 5.96 Å². The molecule has 138 valence electrons. The van der Waals surface area contributed by atoms with E-state index in [0.717, 1.165) is 48.9 Å². The molecule has 0 saturated heterocycles. The molecule has 2 N–H and O–H groups in total. The van der Waals surface area contributed by atoms with E-state index in [1.807, 2.05) is 24.3 Å². The standard InChI is InChI=1S/C18H26N4OS.HI/c1-4-17-22-15(13-24-17)10-11-20-18(19-5-2)21-12-14-8-6-7-9-16(14)23-3;/h6-9,13H,4-5,10-12H2,1-3H3,(H2,19,20,21);1H. The third kappa shape index (κ3) is 7.19. The number of benzene rings is 1. The molecule has 25 heavy (non-hydrogen) atoms. The second kappa shape index (κ2) is 12.1. The third-order valence-corrected chi connectivity index (χ3v) is 4.56. The van der Waals surface area contributed by atoms with Crippen molar-refractivity contribution in [3.05, 3.63) is 45.9 Å². The number of methoxy groups -OCH3 is 1. The summed E-state index contributed by atoms with van der Waals surface area (Å²) in [5.41, 5.74) is 2.22. The van der Waals surface area contributed by atoms with Crippen molar-refractivity contribution in [1.29, 1.82) is 0 Å². The summed E-state index contributed by atoms with van der Waals surface area (Å²) >= 11 is 1.73. The number of nitrogens with zero attached hydrogens (tertiary/aromatic N) is 2. The van der Waals surface area contributed by atoms with Gasteiger partial charge in [-0.05, 0) is 19.4 Å². The molecule has 2 aromatic rings. The molecular formula is C18H27IN4OS. The first-order chi connectivity index (χ1) is 11.8. The average Bonchev–Trinajstić information content (AvgIpc) is 3.08. The topological polar surface area (TPSA) is 58.5 Å². The van der Waals surface area contributed by atoms with Gasteiger partial charge in [0, 0.05) is 30.5 Å². The van der Waals surface area contributed by atoms with Gasteiger partial charge in [0.05, 0.1) is 24.4 Å². The minimum atomic E-state index is 0. The van der Waals surface area contributed by atoms with E-state index < -0.39 is 0 Å².